The quantitative estimate of drug-likeness (QED) is 0.689. The molecule has 0 N–H and O–H groups in total. The second-order valence-corrected chi connectivity index (χ2v) is 7.20. The van der Waals surface area contributed by atoms with Crippen molar-refractivity contribution in [3.05, 3.63) is 0 Å². The molecule has 0 aliphatic rings. The molecule has 0 spiro atoms. The number of hydrogen-bond donors (Lipinski definition) is 0. The van der Waals surface area contributed by atoms with Crippen LogP contribution in [0.4, 0.5) is 0 Å². The summed E-state index contributed by atoms with van der Waals surface area (Å²) in [5.74, 6) is 0. The maximum Gasteiger partial charge on any atom is 0.333 e. The molecule has 0 fully saturated rings. The Bertz CT molecular complexity index is 462. The summed E-state index contributed by atoms with van der Waals surface area (Å²) in [6.07, 6.45) is 0. The standard InChI is InChI=1S/C4H12O5P2S2/c1-5-10(12,6-2)9-11(13,7-3)8-4/h1-4H3/i1D3,2D3,3D3,4D3. The molecule has 0 aliphatic carbocycles. The number of hydrogen-bond acceptors (Lipinski definition) is 7. The third-order valence-corrected chi connectivity index (χ3v) is 5.24. The lowest BCUT2D eigenvalue weighted by molar-refractivity contribution is 0.226. The summed E-state index contributed by atoms with van der Waals surface area (Å²) in [7, 11) is -13.4. The lowest BCUT2D eigenvalue weighted by Gasteiger charge is -2.23. The Balaban J connectivity index is 5.89. The minimum Gasteiger partial charge on any atom is -0.312 e. The predicted octanol–water partition coefficient (Wildman–Crippen LogP) is 2.04. The van der Waals surface area contributed by atoms with Gasteiger partial charge < -0.3 is 18.1 Å². The van der Waals surface area contributed by atoms with Crippen molar-refractivity contribution in [2.75, 3.05) is 28.2 Å². The maximum absolute atomic E-state index is 6.97. The van der Waals surface area contributed by atoms with Crippen molar-refractivity contribution in [3.8, 4) is 0 Å². The van der Waals surface area contributed by atoms with Gasteiger partial charge in [0.15, 0.2) is 0 Å². The largest absolute Gasteiger partial charge is 0.333 e. The van der Waals surface area contributed by atoms with Gasteiger partial charge in [-0.15, -0.1) is 0 Å². The second-order valence-electron chi connectivity index (χ2n) is 1.34. The number of rotatable bonds is 6. The molecule has 0 atom stereocenters. The van der Waals surface area contributed by atoms with E-state index in [9.17, 15) is 0 Å². The molecule has 80 valence electrons. The van der Waals surface area contributed by atoms with E-state index in [1.807, 2.05) is 0 Å². The predicted molar refractivity (Wildman–Crippen MR) is 57.7 cm³/mol. The van der Waals surface area contributed by atoms with Crippen LogP contribution in [-0.4, -0.2) is 28.2 Å². The highest BCUT2D eigenvalue weighted by Crippen LogP contribution is 2.64. The minimum absolute atomic E-state index is 3.35. The van der Waals surface area contributed by atoms with Crippen LogP contribution >= 0.6 is 13.4 Å². The van der Waals surface area contributed by atoms with Gasteiger partial charge in [-0.2, -0.15) is 0 Å². The molecule has 0 saturated heterocycles. The van der Waals surface area contributed by atoms with Gasteiger partial charge in [0.25, 0.3) is 0 Å². The third-order valence-electron chi connectivity index (χ3n) is 0.647. The van der Waals surface area contributed by atoms with Gasteiger partial charge in [0.1, 0.15) is 0 Å². The van der Waals surface area contributed by atoms with Crippen molar-refractivity contribution in [1.29, 1.82) is 0 Å². The summed E-state index contributed by atoms with van der Waals surface area (Å²) in [5, 5.41) is 0. The van der Waals surface area contributed by atoms with Gasteiger partial charge in [0.2, 0.25) is 0 Å². The Morgan fingerprint density at radius 1 is 0.846 bits per heavy atom. The fourth-order valence-electron chi connectivity index (χ4n) is 0.226. The van der Waals surface area contributed by atoms with Gasteiger partial charge >= 0.3 is 13.4 Å². The summed E-state index contributed by atoms with van der Waals surface area (Å²) < 4.78 is 105. The van der Waals surface area contributed by atoms with Gasteiger partial charge in [-0.1, -0.05) is 0 Å². The van der Waals surface area contributed by atoms with Crippen LogP contribution in [0, 0.1) is 0 Å². The van der Waals surface area contributed by atoms with E-state index in [1.165, 1.54) is 0 Å². The molecule has 0 bridgehead atoms. The zero-order valence-corrected chi connectivity index (χ0v) is 9.17. The van der Waals surface area contributed by atoms with E-state index in [4.69, 9.17) is 16.4 Å². The molecule has 0 aromatic heterocycles. The normalized spacial score (nSPS) is 30.8. The molecule has 5 nitrogen and oxygen atoms in total. The molecule has 9 heteroatoms. The zero-order valence-electron chi connectivity index (χ0n) is 17.8. The van der Waals surface area contributed by atoms with Crippen LogP contribution in [0.3, 0.4) is 0 Å². The van der Waals surface area contributed by atoms with Crippen molar-refractivity contribution in [1.82, 2.24) is 0 Å². The van der Waals surface area contributed by atoms with Gasteiger partial charge in [0.05, 0.1) is 16.4 Å². The minimum atomic E-state index is -4.85. The summed E-state index contributed by atoms with van der Waals surface area (Å²) >= 11 is 9.17. The highest BCUT2D eigenvalue weighted by molar-refractivity contribution is 8.14. The fourth-order valence-corrected chi connectivity index (χ4v) is 3.77. The first-order valence-corrected chi connectivity index (χ1v) is 7.39. The SMILES string of the molecule is [2H]C([2H])([2H])OP(=S)(OC([2H])([2H])[2H])OP(=S)(OC([2H])([2H])[2H])OC([2H])([2H])[2H]. The van der Waals surface area contributed by atoms with Gasteiger partial charge in [0, 0.05) is 28.2 Å². The molecule has 0 aromatic carbocycles. The molecular formula is C4H12O5P2S2. The lowest BCUT2D eigenvalue weighted by atomic mass is 11.8. The summed E-state index contributed by atoms with van der Waals surface area (Å²) in [6.45, 7) is -9.70. The van der Waals surface area contributed by atoms with Crippen molar-refractivity contribution in [2.45, 2.75) is 0 Å². The highest BCUT2D eigenvalue weighted by atomic mass is 32.5. The molecule has 0 rings (SSSR count). The zero-order chi connectivity index (χ0) is 20.5. The monoisotopic (exact) mass is 278 g/mol. The highest BCUT2D eigenvalue weighted by Gasteiger charge is 2.29. The molecule has 0 heterocycles. The molecule has 0 aliphatic heterocycles. The fraction of sp³-hybridized carbons (Fsp3) is 1.00. The van der Waals surface area contributed by atoms with Gasteiger partial charge in [-0.05, 0) is 23.6 Å². The topological polar surface area (TPSA) is 46.2 Å². The van der Waals surface area contributed by atoms with Crippen LogP contribution < -0.4 is 0 Å². The Kier molecular flexibility index (Phi) is 1.73. The Morgan fingerprint density at radius 3 is 1.38 bits per heavy atom. The van der Waals surface area contributed by atoms with Crippen LogP contribution in [0.15, 0.2) is 0 Å². The molecular weight excluding hydrogens is 254 g/mol. The molecule has 0 saturated carbocycles. The van der Waals surface area contributed by atoms with Gasteiger partial charge in [-0.3, -0.25) is 0 Å². The summed E-state index contributed by atoms with van der Waals surface area (Å²) in [5.41, 5.74) is 0. The first-order valence-electron chi connectivity index (χ1n) is 8.28. The van der Waals surface area contributed by atoms with Crippen molar-refractivity contribution in [2.24, 2.45) is 0 Å². The van der Waals surface area contributed by atoms with E-state index in [-0.39, 0.29) is 0 Å². The Morgan fingerprint density at radius 2 is 1.15 bits per heavy atom. The first-order chi connectivity index (χ1) is 10.5. The summed E-state index contributed by atoms with van der Waals surface area (Å²) in [6, 6.07) is 0. The van der Waals surface area contributed by atoms with Crippen LogP contribution in [0.2, 0.25) is 0 Å². The Hall–Kier alpha value is 1.10. The third kappa shape index (κ3) is 4.42. The van der Waals surface area contributed by atoms with E-state index < -0.39 is 41.6 Å². The van der Waals surface area contributed by atoms with Crippen LogP contribution in [0.25, 0.3) is 0 Å². The van der Waals surface area contributed by atoms with E-state index in [2.05, 4.69) is 46.0 Å². The van der Waals surface area contributed by atoms with Crippen LogP contribution in [0.5, 0.6) is 0 Å². The molecule has 0 unspecified atom stereocenters. The van der Waals surface area contributed by atoms with E-state index in [1.54, 1.807) is 0 Å². The smallest absolute Gasteiger partial charge is 0.312 e. The summed E-state index contributed by atoms with van der Waals surface area (Å²) in [4.78, 5) is 0. The van der Waals surface area contributed by atoms with Crippen LogP contribution in [0.1, 0.15) is 16.4 Å². The average molecular weight is 278 g/mol. The van der Waals surface area contributed by atoms with E-state index >= 15 is 0 Å². The average Bonchev–Trinajstić information content (AvgIpc) is 1.97. The first kappa shape index (κ1) is 3.84. The van der Waals surface area contributed by atoms with Crippen molar-refractivity contribution >= 4 is 37.1 Å². The van der Waals surface area contributed by atoms with E-state index in [0.717, 1.165) is 0 Å². The van der Waals surface area contributed by atoms with Gasteiger partial charge in [-0.25, -0.2) is 4.31 Å². The molecule has 0 radical (unpaired) electrons. The van der Waals surface area contributed by atoms with Crippen molar-refractivity contribution < 1.29 is 38.9 Å². The molecule has 0 amide bonds. The van der Waals surface area contributed by atoms with E-state index in [0.29, 0.717) is 0 Å². The molecule has 0 aromatic rings. The van der Waals surface area contributed by atoms with Crippen molar-refractivity contribution in [3.63, 3.8) is 0 Å². The Labute approximate surface area is 105 Å². The second kappa shape index (κ2) is 5.85. The lowest BCUT2D eigenvalue weighted by Crippen LogP contribution is -1.96. The maximum atomic E-state index is 6.97. The van der Waals surface area contributed by atoms with Crippen LogP contribution in [-0.2, 0) is 46.0 Å². The molecule has 13 heavy (non-hydrogen) atoms.